The highest BCUT2D eigenvalue weighted by atomic mass is 32.2. The van der Waals surface area contributed by atoms with Crippen molar-refractivity contribution in [2.45, 2.75) is 10.1 Å². The number of rotatable bonds is 8. The van der Waals surface area contributed by atoms with E-state index >= 15 is 0 Å². The van der Waals surface area contributed by atoms with Gasteiger partial charge in [-0.25, -0.2) is 4.79 Å². The standard InChI is InChI=1S/C26H20N2O5S2/c29-21-13-10-18(15-20(21)26(32)33)28-25(31)23(16-5-2-1-3-6-16)35-19-11-8-17(9-12-19)27-24(30)22-7-4-14-34-22/h1-15,23,29H,(H,27,30)(H,28,31)(H,32,33). The van der Waals surface area contributed by atoms with E-state index in [2.05, 4.69) is 10.6 Å². The Morgan fingerprint density at radius 3 is 2.20 bits per heavy atom. The summed E-state index contributed by atoms with van der Waals surface area (Å²) >= 11 is 2.68. The fourth-order valence-electron chi connectivity index (χ4n) is 3.25. The minimum absolute atomic E-state index is 0.184. The molecule has 0 bridgehead atoms. The van der Waals surface area contributed by atoms with Crippen molar-refractivity contribution in [1.29, 1.82) is 0 Å². The number of phenols is 1. The highest BCUT2D eigenvalue weighted by Crippen LogP contribution is 2.37. The van der Waals surface area contributed by atoms with Crippen LogP contribution in [-0.2, 0) is 4.79 Å². The Bertz CT molecular complexity index is 1340. The summed E-state index contributed by atoms with van der Waals surface area (Å²) in [6.07, 6.45) is 0. The number of thioether (sulfide) groups is 1. The average Bonchev–Trinajstić information content (AvgIpc) is 3.40. The fraction of sp³-hybridized carbons (Fsp3) is 0.0385. The molecule has 0 fully saturated rings. The summed E-state index contributed by atoms with van der Waals surface area (Å²) in [5, 5.41) is 25.8. The number of hydrogen-bond donors (Lipinski definition) is 4. The van der Waals surface area contributed by atoms with Gasteiger partial charge in [0.15, 0.2) is 0 Å². The van der Waals surface area contributed by atoms with Gasteiger partial charge in [0.05, 0.1) is 4.88 Å². The molecule has 4 aromatic rings. The number of carboxylic acid groups (broad SMARTS) is 1. The zero-order chi connectivity index (χ0) is 24.8. The average molecular weight is 505 g/mol. The van der Waals surface area contributed by atoms with E-state index in [0.29, 0.717) is 10.6 Å². The van der Waals surface area contributed by atoms with Crippen molar-refractivity contribution in [3.8, 4) is 5.75 Å². The van der Waals surface area contributed by atoms with Gasteiger partial charge in [0.1, 0.15) is 16.6 Å². The first-order valence-corrected chi connectivity index (χ1v) is 12.2. The minimum Gasteiger partial charge on any atom is -0.507 e. The number of nitrogens with one attached hydrogen (secondary N) is 2. The zero-order valence-electron chi connectivity index (χ0n) is 18.2. The first kappa shape index (κ1) is 24.1. The molecule has 7 nitrogen and oxygen atoms in total. The van der Waals surface area contributed by atoms with Gasteiger partial charge in [-0.05, 0) is 59.5 Å². The maximum atomic E-state index is 13.2. The second kappa shape index (κ2) is 10.9. The molecule has 1 unspecified atom stereocenters. The lowest BCUT2D eigenvalue weighted by Gasteiger charge is -2.18. The second-order valence-electron chi connectivity index (χ2n) is 7.39. The molecule has 0 saturated heterocycles. The molecule has 3 aromatic carbocycles. The van der Waals surface area contributed by atoms with Crippen LogP contribution in [0.1, 0.15) is 30.8 Å². The molecular formula is C26H20N2O5S2. The van der Waals surface area contributed by atoms with Crippen LogP contribution < -0.4 is 10.6 Å². The van der Waals surface area contributed by atoms with Gasteiger partial charge in [-0.2, -0.15) is 0 Å². The third kappa shape index (κ3) is 6.08. The summed E-state index contributed by atoms with van der Waals surface area (Å²) in [5.41, 5.74) is 1.37. The van der Waals surface area contributed by atoms with Crippen LogP contribution in [0, 0.1) is 0 Å². The number of carboxylic acids is 1. The summed E-state index contributed by atoms with van der Waals surface area (Å²) in [6, 6.07) is 23.8. The molecule has 1 atom stereocenters. The molecule has 0 aliphatic carbocycles. The lowest BCUT2D eigenvalue weighted by molar-refractivity contribution is -0.115. The van der Waals surface area contributed by atoms with Gasteiger partial charge in [0.2, 0.25) is 5.91 Å². The molecule has 0 aliphatic heterocycles. The number of aromatic carboxylic acids is 1. The molecule has 35 heavy (non-hydrogen) atoms. The summed E-state index contributed by atoms with van der Waals surface area (Å²) in [6.45, 7) is 0. The fourth-order valence-corrected chi connectivity index (χ4v) is 4.89. The maximum absolute atomic E-state index is 13.2. The molecule has 2 amide bonds. The van der Waals surface area contributed by atoms with Gasteiger partial charge in [-0.15, -0.1) is 23.1 Å². The summed E-state index contributed by atoms with van der Waals surface area (Å²) < 4.78 is 0. The minimum atomic E-state index is -1.29. The molecule has 0 aliphatic rings. The van der Waals surface area contributed by atoms with E-state index < -0.39 is 11.2 Å². The monoisotopic (exact) mass is 504 g/mol. The van der Waals surface area contributed by atoms with Gasteiger partial charge in [0.25, 0.3) is 5.91 Å². The quantitative estimate of drug-likeness (QED) is 0.176. The molecule has 0 spiro atoms. The third-order valence-corrected chi connectivity index (χ3v) is 7.08. The van der Waals surface area contributed by atoms with Crippen molar-refractivity contribution < 1.29 is 24.6 Å². The molecule has 4 rings (SSSR count). The number of carbonyl (C=O) groups excluding carboxylic acids is 2. The van der Waals surface area contributed by atoms with Crippen molar-refractivity contribution in [3.63, 3.8) is 0 Å². The van der Waals surface area contributed by atoms with Crippen LogP contribution in [0.5, 0.6) is 5.75 Å². The lowest BCUT2D eigenvalue weighted by Crippen LogP contribution is -2.19. The largest absolute Gasteiger partial charge is 0.507 e. The number of anilines is 2. The Kier molecular flexibility index (Phi) is 7.49. The predicted octanol–water partition coefficient (Wildman–Crippen LogP) is 5.88. The van der Waals surface area contributed by atoms with E-state index in [1.54, 1.807) is 18.2 Å². The van der Waals surface area contributed by atoms with Crippen LogP contribution in [0.15, 0.2) is 95.2 Å². The van der Waals surface area contributed by atoms with Crippen molar-refractivity contribution in [3.05, 3.63) is 106 Å². The number of benzene rings is 3. The molecule has 1 heterocycles. The number of carbonyl (C=O) groups is 3. The number of thiophene rings is 1. The highest BCUT2D eigenvalue weighted by Gasteiger charge is 2.23. The Labute approximate surface area is 209 Å². The smallest absolute Gasteiger partial charge is 0.339 e. The van der Waals surface area contributed by atoms with Crippen LogP contribution in [-0.4, -0.2) is 28.0 Å². The number of amides is 2. The van der Waals surface area contributed by atoms with Gasteiger partial charge >= 0.3 is 5.97 Å². The number of hydrogen-bond acceptors (Lipinski definition) is 6. The molecule has 9 heteroatoms. The van der Waals surface area contributed by atoms with Crippen molar-refractivity contribution in [2.75, 3.05) is 10.6 Å². The van der Waals surface area contributed by atoms with Gasteiger partial charge in [-0.1, -0.05) is 36.4 Å². The molecule has 1 aromatic heterocycles. The van der Waals surface area contributed by atoms with Crippen molar-refractivity contribution in [1.82, 2.24) is 0 Å². The van der Waals surface area contributed by atoms with Crippen LogP contribution in [0.3, 0.4) is 0 Å². The van der Waals surface area contributed by atoms with Gasteiger partial charge < -0.3 is 20.8 Å². The Morgan fingerprint density at radius 1 is 0.829 bits per heavy atom. The van der Waals surface area contributed by atoms with E-state index in [1.807, 2.05) is 53.9 Å². The normalized spacial score (nSPS) is 11.4. The van der Waals surface area contributed by atoms with Crippen LogP contribution in [0.2, 0.25) is 0 Å². The highest BCUT2D eigenvalue weighted by molar-refractivity contribution is 8.00. The molecule has 176 valence electrons. The third-order valence-electron chi connectivity index (χ3n) is 4.95. The Morgan fingerprint density at radius 2 is 1.54 bits per heavy atom. The topological polar surface area (TPSA) is 116 Å². The number of aromatic hydroxyl groups is 1. The van der Waals surface area contributed by atoms with Crippen molar-refractivity contribution in [2.24, 2.45) is 0 Å². The van der Waals surface area contributed by atoms with E-state index in [-0.39, 0.29) is 28.8 Å². The molecular weight excluding hydrogens is 484 g/mol. The maximum Gasteiger partial charge on any atom is 0.339 e. The van der Waals surface area contributed by atoms with Gasteiger partial charge in [-0.3, -0.25) is 9.59 Å². The SMILES string of the molecule is O=C(Nc1ccc(SC(C(=O)Nc2ccc(O)c(C(=O)O)c2)c2ccccc2)cc1)c1cccs1. The van der Waals surface area contributed by atoms with E-state index in [1.165, 1.54) is 41.3 Å². The predicted molar refractivity (Wildman–Crippen MR) is 137 cm³/mol. The molecule has 4 N–H and O–H groups in total. The molecule has 0 radical (unpaired) electrons. The lowest BCUT2D eigenvalue weighted by atomic mass is 10.1. The van der Waals surface area contributed by atoms with E-state index in [9.17, 15) is 24.6 Å². The van der Waals surface area contributed by atoms with E-state index in [4.69, 9.17) is 0 Å². The van der Waals surface area contributed by atoms with Crippen molar-refractivity contribution >= 4 is 52.3 Å². The molecule has 0 saturated carbocycles. The Hall–Kier alpha value is -4.08. The summed E-state index contributed by atoms with van der Waals surface area (Å²) in [4.78, 5) is 38.2. The van der Waals surface area contributed by atoms with E-state index in [0.717, 1.165) is 10.5 Å². The van der Waals surface area contributed by atoms with Crippen LogP contribution in [0.25, 0.3) is 0 Å². The van der Waals surface area contributed by atoms with Crippen LogP contribution >= 0.6 is 23.1 Å². The summed E-state index contributed by atoms with van der Waals surface area (Å²) in [5.74, 6) is -2.20. The van der Waals surface area contributed by atoms with Crippen LogP contribution in [0.4, 0.5) is 11.4 Å². The second-order valence-corrected chi connectivity index (χ2v) is 9.52. The van der Waals surface area contributed by atoms with Gasteiger partial charge in [0, 0.05) is 16.3 Å². The first-order chi connectivity index (χ1) is 16.9. The summed E-state index contributed by atoms with van der Waals surface area (Å²) in [7, 11) is 0. The first-order valence-electron chi connectivity index (χ1n) is 10.4. The zero-order valence-corrected chi connectivity index (χ0v) is 19.8. The Balaban J connectivity index is 1.51.